The van der Waals surface area contributed by atoms with Crippen LogP contribution in [0.4, 0.5) is 0 Å². The summed E-state index contributed by atoms with van der Waals surface area (Å²) in [4.78, 5) is 2.29. The molecule has 1 heterocycles. The monoisotopic (exact) mass is 236 g/mol. The molecule has 0 bridgehead atoms. The first kappa shape index (κ1) is 12.2. The number of nitrogens with zero attached hydrogens (tertiary/aromatic N) is 1. The molecule has 1 saturated heterocycles. The number of benzene rings is 1. The summed E-state index contributed by atoms with van der Waals surface area (Å²) in [5.74, 6) is 0.434. The van der Waals surface area contributed by atoms with Crippen molar-refractivity contribution in [3.8, 4) is 11.5 Å². The van der Waals surface area contributed by atoms with Crippen LogP contribution in [0.5, 0.6) is 11.5 Å². The van der Waals surface area contributed by atoms with Crippen molar-refractivity contribution in [2.75, 3.05) is 13.1 Å². The van der Waals surface area contributed by atoms with Gasteiger partial charge in [0.2, 0.25) is 0 Å². The molecule has 1 aromatic carbocycles. The molecule has 94 valence electrons. The molecule has 1 fully saturated rings. The quantitative estimate of drug-likeness (QED) is 0.682. The third-order valence-electron chi connectivity index (χ3n) is 3.58. The summed E-state index contributed by atoms with van der Waals surface area (Å²) in [6.07, 6.45) is 1.98. The lowest BCUT2D eigenvalue weighted by Gasteiger charge is -2.35. The first-order chi connectivity index (χ1) is 8.08. The molecule has 0 aliphatic carbocycles. The molecule has 4 N–H and O–H groups in total. The van der Waals surface area contributed by atoms with Gasteiger partial charge >= 0.3 is 0 Å². The number of nitrogens with two attached hydrogens (primary N) is 1. The largest absolute Gasteiger partial charge is 0.508 e. The van der Waals surface area contributed by atoms with Gasteiger partial charge in [-0.2, -0.15) is 0 Å². The molecule has 0 radical (unpaired) electrons. The van der Waals surface area contributed by atoms with Crippen molar-refractivity contribution in [3.05, 3.63) is 23.8 Å². The number of hydrogen-bond acceptors (Lipinski definition) is 4. The van der Waals surface area contributed by atoms with Crippen LogP contribution in [0.25, 0.3) is 0 Å². The molecular weight excluding hydrogens is 216 g/mol. The Morgan fingerprint density at radius 3 is 2.59 bits per heavy atom. The number of phenolic OH excluding ortho intramolecular Hbond substituents is 2. The summed E-state index contributed by atoms with van der Waals surface area (Å²) in [6.45, 7) is 3.93. The van der Waals surface area contributed by atoms with Crippen molar-refractivity contribution in [2.45, 2.75) is 31.8 Å². The van der Waals surface area contributed by atoms with Gasteiger partial charge in [-0.1, -0.05) is 0 Å². The van der Waals surface area contributed by atoms with Gasteiger partial charge in [0, 0.05) is 30.7 Å². The molecule has 1 aromatic rings. The molecule has 1 aliphatic rings. The van der Waals surface area contributed by atoms with E-state index in [-0.39, 0.29) is 17.5 Å². The van der Waals surface area contributed by atoms with Gasteiger partial charge < -0.3 is 15.9 Å². The number of aromatic hydroxyl groups is 2. The zero-order chi connectivity index (χ0) is 12.4. The second kappa shape index (κ2) is 4.94. The van der Waals surface area contributed by atoms with Gasteiger partial charge in [0.1, 0.15) is 11.5 Å². The molecule has 0 spiro atoms. The molecular formula is C13H20N2O2. The number of rotatable bonds is 2. The van der Waals surface area contributed by atoms with E-state index in [0.29, 0.717) is 6.04 Å². The topological polar surface area (TPSA) is 69.7 Å². The molecule has 4 heteroatoms. The highest BCUT2D eigenvalue weighted by Gasteiger charge is 2.23. The maximum absolute atomic E-state index is 9.83. The van der Waals surface area contributed by atoms with Crippen molar-refractivity contribution in [3.63, 3.8) is 0 Å². The number of phenols is 2. The predicted molar refractivity (Wildman–Crippen MR) is 67.0 cm³/mol. The Morgan fingerprint density at radius 1 is 1.29 bits per heavy atom. The molecule has 2 rings (SSSR count). The van der Waals surface area contributed by atoms with Crippen LogP contribution >= 0.6 is 0 Å². The van der Waals surface area contributed by atoms with Crippen molar-refractivity contribution in [1.29, 1.82) is 0 Å². The molecule has 1 unspecified atom stereocenters. The highest BCUT2D eigenvalue weighted by atomic mass is 16.3. The third-order valence-corrected chi connectivity index (χ3v) is 3.58. The lowest BCUT2D eigenvalue weighted by atomic mass is 10.00. The standard InChI is InChI=1S/C13H20N2O2/c1-9(15-6-4-10(14)5-7-15)12-8-11(16)2-3-13(12)17/h2-3,8-10,16-17H,4-7,14H2,1H3. The molecule has 0 aromatic heterocycles. The van der Waals surface area contributed by atoms with Gasteiger partial charge in [-0.25, -0.2) is 0 Å². The Kier molecular flexibility index (Phi) is 3.54. The zero-order valence-electron chi connectivity index (χ0n) is 10.1. The molecule has 0 saturated carbocycles. The molecule has 17 heavy (non-hydrogen) atoms. The SMILES string of the molecule is CC(c1cc(O)ccc1O)N1CCC(N)CC1. The summed E-state index contributed by atoms with van der Waals surface area (Å²) in [5.41, 5.74) is 6.65. The molecule has 1 atom stereocenters. The van der Waals surface area contributed by atoms with Gasteiger partial charge in [0.05, 0.1) is 0 Å². The van der Waals surface area contributed by atoms with Crippen LogP contribution in [0.1, 0.15) is 31.4 Å². The van der Waals surface area contributed by atoms with Crippen molar-refractivity contribution in [1.82, 2.24) is 4.90 Å². The van der Waals surface area contributed by atoms with E-state index < -0.39 is 0 Å². The molecule has 1 aliphatic heterocycles. The van der Waals surface area contributed by atoms with Crippen LogP contribution in [-0.4, -0.2) is 34.2 Å². The summed E-state index contributed by atoms with van der Waals surface area (Å²) in [5, 5.41) is 19.3. The Morgan fingerprint density at radius 2 is 1.94 bits per heavy atom. The van der Waals surface area contributed by atoms with Crippen LogP contribution in [-0.2, 0) is 0 Å². The van der Waals surface area contributed by atoms with E-state index in [9.17, 15) is 10.2 Å². The maximum atomic E-state index is 9.83. The fourth-order valence-electron chi connectivity index (χ4n) is 2.38. The van der Waals surface area contributed by atoms with Crippen LogP contribution in [0.15, 0.2) is 18.2 Å². The third kappa shape index (κ3) is 2.70. The average Bonchev–Trinajstić information content (AvgIpc) is 2.32. The van der Waals surface area contributed by atoms with E-state index in [1.54, 1.807) is 6.07 Å². The maximum Gasteiger partial charge on any atom is 0.120 e. The van der Waals surface area contributed by atoms with E-state index in [1.807, 2.05) is 6.92 Å². The first-order valence-electron chi connectivity index (χ1n) is 6.09. The minimum atomic E-state index is 0.106. The minimum absolute atomic E-state index is 0.106. The number of likely N-dealkylation sites (tertiary alicyclic amines) is 1. The highest BCUT2D eigenvalue weighted by Crippen LogP contribution is 2.32. The molecule has 0 amide bonds. The van der Waals surface area contributed by atoms with Crippen LogP contribution in [0.3, 0.4) is 0 Å². The Labute approximate surface area is 102 Å². The number of hydrogen-bond donors (Lipinski definition) is 3. The Balaban J connectivity index is 2.13. The van der Waals surface area contributed by atoms with Gasteiger partial charge in [0.25, 0.3) is 0 Å². The van der Waals surface area contributed by atoms with E-state index in [4.69, 9.17) is 5.73 Å². The Bertz CT molecular complexity index is 387. The van der Waals surface area contributed by atoms with Gasteiger partial charge in [-0.3, -0.25) is 4.90 Å². The van der Waals surface area contributed by atoms with Crippen molar-refractivity contribution in [2.24, 2.45) is 5.73 Å². The minimum Gasteiger partial charge on any atom is -0.508 e. The van der Waals surface area contributed by atoms with E-state index >= 15 is 0 Å². The smallest absolute Gasteiger partial charge is 0.120 e. The van der Waals surface area contributed by atoms with E-state index in [0.717, 1.165) is 31.5 Å². The fraction of sp³-hybridized carbons (Fsp3) is 0.538. The van der Waals surface area contributed by atoms with Gasteiger partial charge in [-0.05, 0) is 38.0 Å². The predicted octanol–water partition coefficient (Wildman–Crippen LogP) is 1.58. The summed E-state index contributed by atoms with van der Waals surface area (Å²) < 4.78 is 0. The lowest BCUT2D eigenvalue weighted by molar-refractivity contribution is 0.161. The normalized spacial score (nSPS) is 20.4. The van der Waals surface area contributed by atoms with Crippen LogP contribution in [0, 0.1) is 0 Å². The van der Waals surface area contributed by atoms with Crippen LogP contribution in [0.2, 0.25) is 0 Å². The average molecular weight is 236 g/mol. The van der Waals surface area contributed by atoms with Gasteiger partial charge in [0.15, 0.2) is 0 Å². The van der Waals surface area contributed by atoms with Gasteiger partial charge in [-0.15, -0.1) is 0 Å². The number of piperidine rings is 1. The van der Waals surface area contributed by atoms with Crippen LogP contribution < -0.4 is 5.73 Å². The van der Waals surface area contributed by atoms with Crippen molar-refractivity contribution >= 4 is 0 Å². The second-order valence-electron chi connectivity index (χ2n) is 4.79. The highest BCUT2D eigenvalue weighted by molar-refractivity contribution is 5.40. The first-order valence-corrected chi connectivity index (χ1v) is 6.09. The molecule has 4 nitrogen and oxygen atoms in total. The van der Waals surface area contributed by atoms with E-state index in [2.05, 4.69) is 4.90 Å². The summed E-state index contributed by atoms with van der Waals surface area (Å²) >= 11 is 0. The van der Waals surface area contributed by atoms with E-state index in [1.165, 1.54) is 12.1 Å². The second-order valence-corrected chi connectivity index (χ2v) is 4.79. The summed E-state index contributed by atoms with van der Waals surface area (Å²) in [6, 6.07) is 5.08. The zero-order valence-corrected chi connectivity index (χ0v) is 10.1. The fourth-order valence-corrected chi connectivity index (χ4v) is 2.38. The van der Waals surface area contributed by atoms with Crippen molar-refractivity contribution < 1.29 is 10.2 Å². The lowest BCUT2D eigenvalue weighted by Crippen LogP contribution is -2.40. The Hall–Kier alpha value is -1.26. The summed E-state index contributed by atoms with van der Waals surface area (Å²) in [7, 11) is 0.